The minimum atomic E-state index is -0.675. The molecular formula is C24H26ClNO4. The van der Waals surface area contributed by atoms with E-state index in [-0.39, 0.29) is 11.3 Å². The Kier molecular flexibility index (Phi) is 7.16. The van der Waals surface area contributed by atoms with Gasteiger partial charge in [-0.1, -0.05) is 43.5 Å². The fourth-order valence-electron chi connectivity index (χ4n) is 3.69. The molecule has 0 radical (unpaired) electrons. The molecule has 1 unspecified atom stereocenters. The van der Waals surface area contributed by atoms with Crippen molar-refractivity contribution in [1.29, 1.82) is 0 Å². The smallest absolute Gasteiger partial charge is 0.295 e. The van der Waals surface area contributed by atoms with E-state index in [1.54, 1.807) is 29.2 Å². The number of ether oxygens (including phenoxy) is 1. The van der Waals surface area contributed by atoms with Gasteiger partial charge in [-0.05, 0) is 55.3 Å². The number of nitrogens with zero attached hydrogens (tertiary/aromatic N) is 1. The van der Waals surface area contributed by atoms with E-state index < -0.39 is 17.7 Å². The molecule has 0 aromatic heterocycles. The lowest BCUT2D eigenvalue weighted by Gasteiger charge is -2.25. The van der Waals surface area contributed by atoms with Crippen LogP contribution in [-0.2, 0) is 9.59 Å². The van der Waals surface area contributed by atoms with E-state index in [2.05, 4.69) is 6.92 Å². The van der Waals surface area contributed by atoms with Gasteiger partial charge in [0.2, 0.25) is 0 Å². The normalized spacial score (nSPS) is 18.1. The molecule has 1 fully saturated rings. The maximum Gasteiger partial charge on any atom is 0.295 e. The molecule has 30 heavy (non-hydrogen) atoms. The van der Waals surface area contributed by atoms with Crippen LogP contribution in [0.1, 0.15) is 50.3 Å². The van der Waals surface area contributed by atoms with E-state index in [0.717, 1.165) is 24.8 Å². The maximum atomic E-state index is 13.0. The Bertz CT molecular complexity index is 952. The first-order chi connectivity index (χ1) is 14.5. The molecule has 1 amide bonds. The summed E-state index contributed by atoms with van der Waals surface area (Å²) in [6, 6.07) is 13.2. The summed E-state index contributed by atoms with van der Waals surface area (Å²) in [5.74, 6) is -0.811. The average molecular weight is 428 g/mol. The average Bonchev–Trinajstić information content (AvgIpc) is 2.99. The highest BCUT2D eigenvalue weighted by molar-refractivity contribution is 6.46. The number of carbonyl (C=O) groups excluding carboxylic acids is 2. The number of unbranched alkanes of at least 4 members (excludes halogenated alkanes) is 2. The van der Waals surface area contributed by atoms with Crippen LogP contribution in [0.2, 0.25) is 5.02 Å². The second kappa shape index (κ2) is 9.81. The van der Waals surface area contributed by atoms with Crippen LogP contribution in [0.4, 0.5) is 0 Å². The van der Waals surface area contributed by atoms with Gasteiger partial charge in [-0.25, -0.2) is 0 Å². The van der Waals surface area contributed by atoms with E-state index >= 15 is 0 Å². The van der Waals surface area contributed by atoms with Gasteiger partial charge in [0.25, 0.3) is 11.7 Å². The van der Waals surface area contributed by atoms with Crippen molar-refractivity contribution >= 4 is 29.1 Å². The largest absolute Gasteiger partial charge is 0.507 e. The molecule has 2 aromatic carbocycles. The van der Waals surface area contributed by atoms with Crippen molar-refractivity contribution in [2.45, 2.75) is 39.2 Å². The molecule has 1 aliphatic heterocycles. The SMILES string of the molecule is CCCCCN1C(=O)C(=O)/C(=C(\O)c2ccc(Cl)cc2)C1c1cccc(OCC)c1. The number of benzene rings is 2. The molecular weight excluding hydrogens is 402 g/mol. The predicted octanol–water partition coefficient (Wildman–Crippen LogP) is 5.35. The molecule has 5 nitrogen and oxygen atoms in total. The number of rotatable bonds is 8. The Balaban J connectivity index is 2.11. The number of hydrogen-bond acceptors (Lipinski definition) is 4. The Morgan fingerprint density at radius 1 is 1.10 bits per heavy atom. The summed E-state index contributed by atoms with van der Waals surface area (Å²) < 4.78 is 5.61. The van der Waals surface area contributed by atoms with Gasteiger partial charge in [-0.2, -0.15) is 0 Å². The van der Waals surface area contributed by atoms with Crippen LogP contribution < -0.4 is 4.74 Å². The first-order valence-corrected chi connectivity index (χ1v) is 10.6. The summed E-state index contributed by atoms with van der Waals surface area (Å²) in [6.45, 7) is 4.92. The van der Waals surface area contributed by atoms with Crippen LogP contribution in [-0.4, -0.2) is 34.8 Å². The number of amides is 1. The zero-order valence-corrected chi connectivity index (χ0v) is 18.0. The van der Waals surface area contributed by atoms with Gasteiger partial charge in [0, 0.05) is 17.1 Å². The topological polar surface area (TPSA) is 66.8 Å². The standard InChI is InChI=1S/C24H26ClNO4/c1-3-5-6-14-26-21(17-8-7-9-19(15-17)30-4-2)20(23(28)24(26)29)22(27)16-10-12-18(25)13-11-16/h7-13,15,21,27H,3-6,14H2,1-2H3/b22-20-. The lowest BCUT2D eigenvalue weighted by Crippen LogP contribution is -2.30. The van der Waals surface area contributed by atoms with Gasteiger partial charge in [0.1, 0.15) is 11.5 Å². The number of aliphatic hydroxyl groups excluding tert-OH is 1. The molecule has 1 aliphatic rings. The van der Waals surface area contributed by atoms with Gasteiger partial charge in [-0.3, -0.25) is 9.59 Å². The number of ketones is 1. The number of carbonyl (C=O) groups is 2. The number of hydrogen-bond donors (Lipinski definition) is 1. The first kappa shape index (κ1) is 21.9. The molecule has 3 rings (SSSR count). The molecule has 1 N–H and O–H groups in total. The molecule has 2 aromatic rings. The molecule has 6 heteroatoms. The summed E-state index contributed by atoms with van der Waals surface area (Å²) in [7, 11) is 0. The van der Waals surface area contributed by atoms with E-state index in [1.807, 2.05) is 31.2 Å². The van der Waals surface area contributed by atoms with Crippen molar-refractivity contribution in [2.24, 2.45) is 0 Å². The van der Waals surface area contributed by atoms with Crippen molar-refractivity contribution < 1.29 is 19.4 Å². The van der Waals surface area contributed by atoms with Crippen LogP contribution >= 0.6 is 11.6 Å². The third kappa shape index (κ3) is 4.51. The second-order valence-electron chi connectivity index (χ2n) is 7.21. The number of aliphatic hydroxyl groups is 1. The van der Waals surface area contributed by atoms with Gasteiger partial charge in [0.15, 0.2) is 0 Å². The third-order valence-electron chi connectivity index (χ3n) is 5.15. The Labute approximate surface area is 181 Å². The maximum absolute atomic E-state index is 13.0. The number of likely N-dealkylation sites (tertiary alicyclic amines) is 1. The Morgan fingerprint density at radius 3 is 2.50 bits per heavy atom. The molecule has 0 saturated carbocycles. The van der Waals surface area contributed by atoms with Gasteiger partial charge < -0.3 is 14.7 Å². The number of halogens is 1. The fourth-order valence-corrected chi connectivity index (χ4v) is 3.82. The van der Waals surface area contributed by atoms with Gasteiger partial charge >= 0.3 is 0 Å². The number of Topliss-reactive ketones (excluding diaryl/α,β-unsaturated/α-hetero) is 1. The summed E-state index contributed by atoms with van der Waals surface area (Å²) in [4.78, 5) is 27.4. The highest BCUT2D eigenvalue weighted by Crippen LogP contribution is 2.40. The van der Waals surface area contributed by atoms with Crippen molar-refractivity contribution in [3.8, 4) is 5.75 Å². The quantitative estimate of drug-likeness (QED) is 0.267. The highest BCUT2D eigenvalue weighted by atomic mass is 35.5. The minimum absolute atomic E-state index is 0.0902. The highest BCUT2D eigenvalue weighted by Gasteiger charge is 2.45. The van der Waals surface area contributed by atoms with Gasteiger partial charge in [0.05, 0.1) is 18.2 Å². The van der Waals surface area contributed by atoms with Crippen LogP contribution in [0.25, 0.3) is 5.76 Å². The van der Waals surface area contributed by atoms with Crippen LogP contribution in [0.15, 0.2) is 54.1 Å². The van der Waals surface area contributed by atoms with Crippen LogP contribution in [0, 0.1) is 0 Å². The summed E-state index contributed by atoms with van der Waals surface area (Å²) in [5, 5.41) is 11.5. The third-order valence-corrected chi connectivity index (χ3v) is 5.40. The monoisotopic (exact) mass is 427 g/mol. The van der Waals surface area contributed by atoms with E-state index in [1.165, 1.54) is 0 Å². The molecule has 0 spiro atoms. The first-order valence-electron chi connectivity index (χ1n) is 10.2. The Morgan fingerprint density at radius 2 is 1.83 bits per heavy atom. The zero-order chi connectivity index (χ0) is 21.7. The molecule has 158 valence electrons. The van der Waals surface area contributed by atoms with Crippen LogP contribution in [0.3, 0.4) is 0 Å². The summed E-state index contributed by atoms with van der Waals surface area (Å²) in [6.07, 6.45) is 2.73. The second-order valence-corrected chi connectivity index (χ2v) is 7.65. The van der Waals surface area contributed by atoms with Crippen molar-refractivity contribution in [3.63, 3.8) is 0 Å². The summed E-state index contributed by atoms with van der Waals surface area (Å²) in [5.41, 5.74) is 1.26. The zero-order valence-electron chi connectivity index (χ0n) is 17.2. The lowest BCUT2D eigenvalue weighted by molar-refractivity contribution is -0.139. The molecule has 1 heterocycles. The molecule has 0 bridgehead atoms. The fraction of sp³-hybridized carbons (Fsp3) is 0.333. The lowest BCUT2D eigenvalue weighted by atomic mass is 9.95. The molecule has 0 aliphatic carbocycles. The summed E-state index contributed by atoms with van der Waals surface area (Å²) >= 11 is 5.95. The van der Waals surface area contributed by atoms with E-state index in [0.29, 0.717) is 29.5 Å². The molecule has 1 atom stereocenters. The van der Waals surface area contributed by atoms with Crippen LogP contribution in [0.5, 0.6) is 5.75 Å². The minimum Gasteiger partial charge on any atom is -0.507 e. The predicted molar refractivity (Wildman–Crippen MR) is 118 cm³/mol. The molecule has 1 saturated heterocycles. The van der Waals surface area contributed by atoms with Gasteiger partial charge in [-0.15, -0.1) is 0 Å². The van der Waals surface area contributed by atoms with E-state index in [9.17, 15) is 14.7 Å². The Hall–Kier alpha value is -2.79. The van der Waals surface area contributed by atoms with Crippen molar-refractivity contribution in [3.05, 3.63) is 70.3 Å². The van der Waals surface area contributed by atoms with E-state index in [4.69, 9.17) is 16.3 Å². The van der Waals surface area contributed by atoms with Crippen molar-refractivity contribution in [2.75, 3.05) is 13.2 Å². The van der Waals surface area contributed by atoms with Crippen molar-refractivity contribution in [1.82, 2.24) is 4.90 Å².